The molecular weight excluding hydrogens is 564 g/mol. The molecule has 0 bridgehead atoms. The molecule has 2 aromatic rings. The number of aliphatic carboxylic acids is 1. The minimum absolute atomic E-state index is 0. The van der Waals surface area contributed by atoms with E-state index in [0.29, 0.717) is 48.8 Å². The summed E-state index contributed by atoms with van der Waals surface area (Å²) in [6.07, 6.45) is -3.06. The number of fused-ring (bicyclic) bond motifs is 1. The Balaban J connectivity index is 0.000000687. The molecule has 2 aliphatic heterocycles. The lowest BCUT2D eigenvalue weighted by Gasteiger charge is -2.29. The van der Waals surface area contributed by atoms with Crippen LogP contribution in [0.3, 0.4) is 0 Å². The van der Waals surface area contributed by atoms with Crippen LogP contribution >= 0.6 is 0 Å². The van der Waals surface area contributed by atoms with Gasteiger partial charge >= 0.3 is 12.1 Å². The van der Waals surface area contributed by atoms with Gasteiger partial charge in [-0.25, -0.2) is 9.18 Å². The van der Waals surface area contributed by atoms with Crippen molar-refractivity contribution in [2.24, 2.45) is 0 Å². The van der Waals surface area contributed by atoms with Crippen molar-refractivity contribution in [1.29, 1.82) is 0 Å². The van der Waals surface area contributed by atoms with Crippen molar-refractivity contribution in [3.63, 3.8) is 0 Å². The van der Waals surface area contributed by atoms with Gasteiger partial charge in [0.25, 0.3) is 0 Å². The van der Waals surface area contributed by atoms with Crippen molar-refractivity contribution in [2.45, 2.75) is 57.9 Å². The Morgan fingerprint density at radius 1 is 0.952 bits per heavy atom. The van der Waals surface area contributed by atoms with Gasteiger partial charge in [-0.1, -0.05) is 13.5 Å². The fourth-order valence-corrected chi connectivity index (χ4v) is 4.41. The lowest BCUT2D eigenvalue weighted by molar-refractivity contribution is -0.192. The largest absolute Gasteiger partial charge is 0.490 e. The van der Waals surface area contributed by atoms with Crippen molar-refractivity contribution in [1.82, 2.24) is 10.2 Å². The van der Waals surface area contributed by atoms with Crippen LogP contribution in [0.25, 0.3) is 0 Å². The average molecular weight is 601 g/mol. The Kier molecular flexibility index (Phi) is 13.2. The monoisotopic (exact) mass is 600 g/mol. The first-order valence-electron chi connectivity index (χ1n) is 13.1. The molecule has 0 aliphatic carbocycles. The normalized spacial score (nSPS) is 15.8. The maximum absolute atomic E-state index is 13.0. The highest BCUT2D eigenvalue weighted by molar-refractivity contribution is 5.96. The van der Waals surface area contributed by atoms with Crippen LogP contribution in [0.4, 0.5) is 17.6 Å². The molecule has 42 heavy (non-hydrogen) atoms. The molecule has 2 heterocycles. The van der Waals surface area contributed by atoms with Crippen LogP contribution in [0.15, 0.2) is 42.5 Å². The SMILES string of the molecule is C.O=C(CCCC(=O)c1ccc(F)cc1)N[C@H](CN1CCCC1)[C@H](O)c1ccc2c(c1)OCCO2.O=C(O)C(F)(F)F. The standard InChI is InChI=1S/C26H31FN2O5.C2HF3O2.CH4/c27-20-9-6-18(7-10-20)22(30)4-3-5-25(31)28-21(17-29-12-1-2-13-29)26(32)19-8-11-23-24(16-19)34-15-14-33-23;3-2(4,5)1(6)7;/h6-11,16,21,26,32H,1-5,12-15,17H2,(H,28,31);(H,6,7);1H4/t21-,26-;;/m1../s1. The molecule has 2 aromatic carbocycles. The van der Waals surface area contributed by atoms with Crippen LogP contribution in [-0.4, -0.2) is 77.8 Å². The molecule has 13 heteroatoms. The average Bonchev–Trinajstić information content (AvgIpc) is 3.45. The van der Waals surface area contributed by atoms with E-state index in [9.17, 15) is 32.3 Å². The fraction of sp³-hybridized carbons (Fsp3) is 0.483. The van der Waals surface area contributed by atoms with Gasteiger partial charge in [0.1, 0.15) is 25.1 Å². The van der Waals surface area contributed by atoms with E-state index < -0.39 is 30.1 Å². The van der Waals surface area contributed by atoms with Gasteiger partial charge in [0.05, 0.1) is 6.04 Å². The van der Waals surface area contributed by atoms with Crippen molar-refractivity contribution in [3.05, 3.63) is 59.4 Å². The summed E-state index contributed by atoms with van der Waals surface area (Å²) < 4.78 is 56.0. The van der Waals surface area contributed by atoms with Gasteiger partial charge in [0.15, 0.2) is 17.3 Å². The Labute approximate surface area is 241 Å². The van der Waals surface area contributed by atoms with Gasteiger partial charge in [0.2, 0.25) is 5.91 Å². The number of carbonyl (C=O) groups is 3. The zero-order valence-electron chi connectivity index (χ0n) is 22.2. The number of rotatable bonds is 10. The molecule has 2 atom stereocenters. The molecule has 3 N–H and O–H groups in total. The van der Waals surface area contributed by atoms with Crippen LogP contribution in [0, 0.1) is 5.82 Å². The minimum atomic E-state index is -5.08. The summed E-state index contributed by atoms with van der Waals surface area (Å²) in [6, 6.07) is 10.3. The van der Waals surface area contributed by atoms with E-state index in [1.165, 1.54) is 24.3 Å². The van der Waals surface area contributed by atoms with E-state index in [4.69, 9.17) is 19.4 Å². The number of nitrogens with one attached hydrogen (secondary N) is 1. The molecular formula is C29H36F4N2O7. The summed E-state index contributed by atoms with van der Waals surface area (Å²) >= 11 is 0. The summed E-state index contributed by atoms with van der Waals surface area (Å²) in [5.74, 6) is -2.25. The van der Waals surface area contributed by atoms with Gasteiger partial charge in [-0.05, 0) is 74.3 Å². The summed E-state index contributed by atoms with van der Waals surface area (Å²) in [7, 11) is 0. The second-order valence-corrected chi connectivity index (χ2v) is 9.62. The number of likely N-dealkylation sites (tertiary alicyclic amines) is 1. The first-order chi connectivity index (χ1) is 19.4. The van der Waals surface area contributed by atoms with Gasteiger partial charge in [-0.3, -0.25) is 9.59 Å². The first-order valence-corrected chi connectivity index (χ1v) is 13.1. The lowest BCUT2D eigenvalue weighted by atomic mass is 10.00. The van der Waals surface area contributed by atoms with Gasteiger partial charge in [-0.2, -0.15) is 13.2 Å². The molecule has 1 amide bonds. The van der Waals surface area contributed by atoms with Crippen LogP contribution in [0.2, 0.25) is 0 Å². The summed E-state index contributed by atoms with van der Waals surface area (Å²) in [6.45, 7) is 3.36. The molecule has 4 rings (SSSR count). The number of ether oxygens (including phenoxy) is 2. The number of Topliss-reactive ketones (excluding diaryl/α,β-unsaturated/α-hetero) is 1. The number of halogens is 4. The number of alkyl halides is 3. The van der Waals surface area contributed by atoms with E-state index in [1.54, 1.807) is 18.2 Å². The highest BCUT2D eigenvalue weighted by atomic mass is 19.4. The number of hydrogen-bond acceptors (Lipinski definition) is 7. The highest BCUT2D eigenvalue weighted by Gasteiger charge is 2.38. The Bertz CT molecular complexity index is 1190. The number of aliphatic hydroxyl groups is 1. The molecule has 2 aliphatic rings. The zero-order chi connectivity index (χ0) is 30.0. The maximum Gasteiger partial charge on any atom is 0.490 e. The van der Waals surface area contributed by atoms with Gasteiger partial charge in [-0.15, -0.1) is 0 Å². The highest BCUT2D eigenvalue weighted by Crippen LogP contribution is 2.33. The molecule has 232 valence electrons. The van der Waals surface area contributed by atoms with E-state index in [2.05, 4.69) is 10.2 Å². The molecule has 9 nitrogen and oxygen atoms in total. The number of carboxylic acids is 1. The molecule has 0 unspecified atom stereocenters. The number of carboxylic acid groups (broad SMARTS) is 1. The smallest absolute Gasteiger partial charge is 0.486 e. The van der Waals surface area contributed by atoms with E-state index in [0.717, 1.165) is 25.9 Å². The van der Waals surface area contributed by atoms with Crippen LogP contribution in [-0.2, 0) is 9.59 Å². The Hall–Kier alpha value is -3.71. The zero-order valence-corrected chi connectivity index (χ0v) is 22.2. The number of aliphatic hydroxyl groups excluding tert-OH is 1. The number of ketones is 1. The summed E-state index contributed by atoms with van der Waals surface area (Å²) in [4.78, 5) is 36.1. The quantitative estimate of drug-likeness (QED) is 0.268. The number of benzene rings is 2. The number of nitrogens with zero attached hydrogens (tertiary/aromatic N) is 1. The second-order valence-electron chi connectivity index (χ2n) is 9.62. The van der Waals surface area contributed by atoms with E-state index >= 15 is 0 Å². The van der Waals surface area contributed by atoms with Gasteiger partial charge in [0, 0.05) is 24.9 Å². The summed E-state index contributed by atoms with van der Waals surface area (Å²) in [5.41, 5.74) is 1.09. The van der Waals surface area contributed by atoms with Crippen molar-refractivity contribution >= 4 is 17.7 Å². The number of carbonyl (C=O) groups excluding carboxylic acids is 2. The van der Waals surface area contributed by atoms with Crippen molar-refractivity contribution in [2.75, 3.05) is 32.8 Å². The van der Waals surface area contributed by atoms with Gasteiger partial charge < -0.3 is 29.9 Å². The fourth-order valence-electron chi connectivity index (χ4n) is 4.41. The van der Waals surface area contributed by atoms with Crippen LogP contribution < -0.4 is 14.8 Å². The van der Waals surface area contributed by atoms with E-state index in [-0.39, 0.29) is 32.0 Å². The molecule has 0 aromatic heterocycles. The Morgan fingerprint density at radius 2 is 1.55 bits per heavy atom. The molecule has 1 fully saturated rings. The minimum Gasteiger partial charge on any atom is -0.486 e. The number of amides is 1. The maximum atomic E-state index is 13.0. The predicted molar refractivity (Wildman–Crippen MR) is 145 cm³/mol. The first kappa shape index (κ1) is 34.5. The predicted octanol–water partition coefficient (Wildman–Crippen LogP) is 4.53. The van der Waals surface area contributed by atoms with Crippen molar-refractivity contribution in [3.8, 4) is 11.5 Å². The third-order valence-electron chi connectivity index (χ3n) is 6.51. The van der Waals surface area contributed by atoms with Crippen LogP contribution in [0.5, 0.6) is 11.5 Å². The molecule has 0 saturated carbocycles. The summed E-state index contributed by atoms with van der Waals surface area (Å²) in [5, 5.41) is 21.3. The van der Waals surface area contributed by atoms with E-state index in [1.807, 2.05) is 0 Å². The van der Waals surface area contributed by atoms with Crippen LogP contribution in [0.1, 0.15) is 61.6 Å². The Morgan fingerprint density at radius 3 is 2.14 bits per heavy atom. The topological polar surface area (TPSA) is 125 Å². The lowest BCUT2D eigenvalue weighted by Crippen LogP contribution is -2.46. The third kappa shape index (κ3) is 10.6. The molecule has 0 spiro atoms. The second kappa shape index (κ2) is 16.1. The third-order valence-corrected chi connectivity index (χ3v) is 6.51. The van der Waals surface area contributed by atoms with Crippen molar-refractivity contribution < 1.29 is 51.6 Å². The number of hydrogen-bond donors (Lipinski definition) is 3. The molecule has 1 saturated heterocycles. The molecule has 0 radical (unpaired) electrons.